The van der Waals surface area contributed by atoms with Crippen molar-refractivity contribution in [2.75, 3.05) is 24.6 Å². The summed E-state index contributed by atoms with van der Waals surface area (Å²) in [6.07, 6.45) is 1.13. The highest BCUT2D eigenvalue weighted by molar-refractivity contribution is 8.00. The number of anilines is 1. The molecule has 1 aliphatic rings. The van der Waals surface area contributed by atoms with Crippen molar-refractivity contribution in [1.29, 1.82) is 0 Å². The number of hydrogen-bond acceptors (Lipinski definition) is 3. The number of amides is 1. The second-order valence-corrected chi connectivity index (χ2v) is 6.49. The van der Waals surface area contributed by atoms with Gasteiger partial charge in [0.2, 0.25) is 5.91 Å². The van der Waals surface area contributed by atoms with Crippen molar-refractivity contribution in [2.45, 2.75) is 31.4 Å². The van der Waals surface area contributed by atoms with Crippen molar-refractivity contribution in [3.05, 3.63) is 29.8 Å². The van der Waals surface area contributed by atoms with Crippen LogP contribution in [0.15, 0.2) is 24.3 Å². The van der Waals surface area contributed by atoms with E-state index in [1.54, 1.807) is 0 Å². The van der Waals surface area contributed by atoms with Crippen LogP contribution in [0, 0.1) is 0 Å². The van der Waals surface area contributed by atoms with E-state index < -0.39 is 0 Å². The second-order valence-electron chi connectivity index (χ2n) is 5.08. The smallest absolute Gasteiger partial charge is 0.229 e. The third kappa shape index (κ3) is 3.44. The van der Waals surface area contributed by atoms with E-state index in [0.29, 0.717) is 5.25 Å². The Morgan fingerprint density at radius 3 is 3.05 bits per heavy atom. The van der Waals surface area contributed by atoms with Gasteiger partial charge in [0.1, 0.15) is 0 Å². The SMILES string of the molecule is CCC1CN(C(=O)C(C)c2cccc(N)c2)CCS1. The van der Waals surface area contributed by atoms with E-state index in [1.807, 2.05) is 47.9 Å². The molecule has 1 amide bonds. The van der Waals surface area contributed by atoms with Crippen LogP contribution in [-0.2, 0) is 4.79 Å². The van der Waals surface area contributed by atoms with Crippen molar-refractivity contribution in [2.24, 2.45) is 0 Å². The first kappa shape index (κ1) is 14.3. The molecule has 3 nitrogen and oxygen atoms in total. The predicted molar refractivity (Wildman–Crippen MR) is 82.4 cm³/mol. The van der Waals surface area contributed by atoms with Gasteiger partial charge in [-0.1, -0.05) is 19.1 Å². The number of benzene rings is 1. The van der Waals surface area contributed by atoms with Crippen molar-refractivity contribution in [3.8, 4) is 0 Å². The normalized spacial score (nSPS) is 21.2. The predicted octanol–water partition coefficient (Wildman–Crippen LogP) is 2.73. The van der Waals surface area contributed by atoms with Crippen molar-refractivity contribution < 1.29 is 4.79 Å². The number of nitrogen functional groups attached to an aromatic ring is 1. The monoisotopic (exact) mass is 278 g/mol. The minimum absolute atomic E-state index is 0.107. The maximum atomic E-state index is 12.5. The standard InChI is InChI=1S/C15H22N2OS/c1-3-14-10-17(7-8-19-14)15(18)11(2)12-5-4-6-13(16)9-12/h4-6,9,11,14H,3,7-8,10,16H2,1-2H3. The Morgan fingerprint density at radius 2 is 2.37 bits per heavy atom. The highest BCUT2D eigenvalue weighted by Gasteiger charge is 2.27. The number of thioether (sulfide) groups is 1. The number of carbonyl (C=O) groups is 1. The van der Waals surface area contributed by atoms with Crippen LogP contribution in [-0.4, -0.2) is 34.9 Å². The second kappa shape index (κ2) is 6.33. The minimum Gasteiger partial charge on any atom is -0.399 e. The molecule has 2 N–H and O–H groups in total. The first-order chi connectivity index (χ1) is 9.11. The van der Waals surface area contributed by atoms with Gasteiger partial charge in [-0.05, 0) is 31.0 Å². The third-order valence-electron chi connectivity index (χ3n) is 3.69. The van der Waals surface area contributed by atoms with E-state index in [0.717, 1.165) is 36.5 Å². The Balaban J connectivity index is 2.06. The van der Waals surface area contributed by atoms with Crippen molar-refractivity contribution >= 4 is 23.4 Å². The Kier molecular flexibility index (Phi) is 4.75. The van der Waals surface area contributed by atoms with Crippen LogP contribution in [0.4, 0.5) is 5.69 Å². The van der Waals surface area contributed by atoms with Crippen LogP contribution in [0.25, 0.3) is 0 Å². The van der Waals surface area contributed by atoms with Gasteiger partial charge in [0.15, 0.2) is 0 Å². The first-order valence-corrected chi connectivity index (χ1v) is 7.92. The molecule has 0 saturated carbocycles. The molecule has 2 atom stereocenters. The van der Waals surface area contributed by atoms with E-state index in [2.05, 4.69) is 6.92 Å². The Labute approximate surface area is 119 Å². The largest absolute Gasteiger partial charge is 0.399 e. The molecular formula is C15H22N2OS. The maximum Gasteiger partial charge on any atom is 0.229 e. The summed E-state index contributed by atoms with van der Waals surface area (Å²) < 4.78 is 0. The van der Waals surface area contributed by atoms with E-state index in [1.165, 1.54) is 0 Å². The number of nitrogens with two attached hydrogens (primary N) is 1. The lowest BCUT2D eigenvalue weighted by Gasteiger charge is -2.33. The molecular weight excluding hydrogens is 256 g/mol. The van der Waals surface area contributed by atoms with Crippen LogP contribution in [0.1, 0.15) is 31.7 Å². The number of rotatable bonds is 3. The minimum atomic E-state index is -0.107. The maximum absolute atomic E-state index is 12.5. The number of hydrogen-bond donors (Lipinski definition) is 1. The molecule has 0 aliphatic carbocycles. The summed E-state index contributed by atoms with van der Waals surface area (Å²) in [4.78, 5) is 14.6. The van der Waals surface area contributed by atoms with E-state index >= 15 is 0 Å². The van der Waals surface area contributed by atoms with Gasteiger partial charge in [-0.3, -0.25) is 4.79 Å². The summed E-state index contributed by atoms with van der Waals surface area (Å²) in [7, 11) is 0. The van der Waals surface area contributed by atoms with Crippen LogP contribution in [0.3, 0.4) is 0 Å². The Hall–Kier alpha value is -1.16. The van der Waals surface area contributed by atoms with Gasteiger partial charge >= 0.3 is 0 Å². The van der Waals surface area contributed by atoms with Gasteiger partial charge < -0.3 is 10.6 Å². The summed E-state index contributed by atoms with van der Waals surface area (Å²) in [5.41, 5.74) is 7.52. The van der Waals surface area contributed by atoms with Crippen LogP contribution in [0.5, 0.6) is 0 Å². The molecule has 0 aromatic heterocycles. The molecule has 0 spiro atoms. The van der Waals surface area contributed by atoms with Gasteiger partial charge in [0.25, 0.3) is 0 Å². The average molecular weight is 278 g/mol. The molecule has 0 radical (unpaired) electrons. The van der Waals surface area contributed by atoms with Crippen molar-refractivity contribution in [1.82, 2.24) is 4.90 Å². The zero-order valence-corrected chi connectivity index (χ0v) is 12.5. The molecule has 19 heavy (non-hydrogen) atoms. The Bertz CT molecular complexity index is 450. The molecule has 2 unspecified atom stereocenters. The molecule has 0 bridgehead atoms. The summed E-state index contributed by atoms with van der Waals surface area (Å²) >= 11 is 1.98. The zero-order valence-electron chi connectivity index (χ0n) is 11.6. The molecule has 1 saturated heterocycles. The lowest BCUT2D eigenvalue weighted by molar-refractivity contribution is -0.132. The highest BCUT2D eigenvalue weighted by atomic mass is 32.2. The van der Waals surface area contributed by atoms with Gasteiger partial charge in [-0.25, -0.2) is 0 Å². The molecule has 1 aromatic rings. The van der Waals surface area contributed by atoms with Crippen LogP contribution >= 0.6 is 11.8 Å². The van der Waals surface area contributed by atoms with E-state index in [9.17, 15) is 4.79 Å². The summed E-state index contributed by atoms with van der Waals surface area (Å²) in [6, 6.07) is 7.65. The quantitative estimate of drug-likeness (QED) is 0.865. The molecule has 104 valence electrons. The summed E-state index contributed by atoms with van der Waals surface area (Å²) in [5.74, 6) is 1.17. The fraction of sp³-hybridized carbons (Fsp3) is 0.533. The number of carbonyl (C=O) groups excluding carboxylic acids is 1. The summed E-state index contributed by atoms with van der Waals surface area (Å²) in [5, 5.41) is 0.589. The molecule has 1 aromatic carbocycles. The molecule has 4 heteroatoms. The van der Waals surface area contributed by atoms with E-state index in [4.69, 9.17) is 5.73 Å². The fourth-order valence-electron chi connectivity index (χ4n) is 2.41. The molecule has 1 fully saturated rings. The van der Waals surface area contributed by atoms with Gasteiger partial charge in [0, 0.05) is 29.8 Å². The lowest BCUT2D eigenvalue weighted by Crippen LogP contribution is -2.43. The Morgan fingerprint density at radius 1 is 1.58 bits per heavy atom. The van der Waals surface area contributed by atoms with Crippen LogP contribution in [0.2, 0.25) is 0 Å². The highest BCUT2D eigenvalue weighted by Crippen LogP contribution is 2.25. The topological polar surface area (TPSA) is 46.3 Å². The first-order valence-electron chi connectivity index (χ1n) is 6.87. The van der Waals surface area contributed by atoms with Gasteiger partial charge in [-0.15, -0.1) is 0 Å². The lowest BCUT2D eigenvalue weighted by atomic mass is 9.99. The van der Waals surface area contributed by atoms with Gasteiger partial charge in [-0.2, -0.15) is 11.8 Å². The molecule has 1 aliphatic heterocycles. The average Bonchev–Trinajstić information content (AvgIpc) is 2.45. The van der Waals surface area contributed by atoms with Gasteiger partial charge in [0.05, 0.1) is 5.92 Å². The van der Waals surface area contributed by atoms with E-state index in [-0.39, 0.29) is 11.8 Å². The van der Waals surface area contributed by atoms with Crippen LogP contribution < -0.4 is 5.73 Å². The number of nitrogens with zero attached hydrogens (tertiary/aromatic N) is 1. The van der Waals surface area contributed by atoms with Crippen molar-refractivity contribution in [3.63, 3.8) is 0 Å². The fourth-order valence-corrected chi connectivity index (χ4v) is 3.59. The third-order valence-corrected chi connectivity index (χ3v) is 5.06. The zero-order chi connectivity index (χ0) is 13.8. The summed E-state index contributed by atoms with van der Waals surface area (Å²) in [6.45, 7) is 5.91. The molecule has 1 heterocycles. The molecule has 2 rings (SSSR count).